The van der Waals surface area contributed by atoms with Crippen molar-refractivity contribution in [2.24, 2.45) is 0 Å². The van der Waals surface area contributed by atoms with Crippen LogP contribution in [0.1, 0.15) is 18.2 Å². The Bertz CT molecular complexity index is 454. The van der Waals surface area contributed by atoms with E-state index < -0.39 is 0 Å². The Balaban J connectivity index is 1.66. The molecular formula is C18H24N2S. The molecule has 1 heterocycles. The highest BCUT2D eigenvalue weighted by Gasteiger charge is 2.07. The molecule has 2 aromatic rings. The number of hydrogen-bond donors (Lipinski definition) is 0. The Kier molecular flexibility index (Phi) is 6.77. The van der Waals surface area contributed by atoms with Crippen LogP contribution in [0.4, 0.5) is 0 Å². The lowest BCUT2D eigenvalue weighted by atomic mass is 10.2. The minimum Gasteiger partial charge on any atom is -0.305 e. The van der Waals surface area contributed by atoms with Crippen LogP contribution in [-0.2, 0) is 12.2 Å². The van der Waals surface area contributed by atoms with Gasteiger partial charge in [-0.25, -0.2) is 0 Å². The van der Waals surface area contributed by atoms with Crippen LogP contribution in [0.5, 0.6) is 0 Å². The molecule has 1 unspecified atom stereocenters. The Morgan fingerprint density at radius 2 is 1.86 bits per heavy atom. The number of nitrogens with zero attached hydrogens (tertiary/aromatic N) is 2. The second-order valence-electron chi connectivity index (χ2n) is 5.44. The third kappa shape index (κ3) is 6.32. The SMILES string of the molecule is CC(CN(C)CCc1ccccn1)SCc1ccccc1. The normalized spacial score (nSPS) is 12.5. The summed E-state index contributed by atoms with van der Waals surface area (Å²) >= 11 is 2.02. The molecule has 1 atom stereocenters. The molecule has 1 aromatic heterocycles. The van der Waals surface area contributed by atoms with E-state index >= 15 is 0 Å². The van der Waals surface area contributed by atoms with E-state index in [1.54, 1.807) is 0 Å². The zero-order valence-electron chi connectivity index (χ0n) is 12.9. The number of rotatable bonds is 8. The molecular weight excluding hydrogens is 276 g/mol. The van der Waals surface area contributed by atoms with Crippen LogP contribution in [0.25, 0.3) is 0 Å². The van der Waals surface area contributed by atoms with Crippen molar-refractivity contribution < 1.29 is 0 Å². The topological polar surface area (TPSA) is 16.1 Å². The van der Waals surface area contributed by atoms with Gasteiger partial charge in [0.25, 0.3) is 0 Å². The quantitative estimate of drug-likeness (QED) is 0.736. The summed E-state index contributed by atoms with van der Waals surface area (Å²) < 4.78 is 0. The van der Waals surface area contributed by atoms with Gasteiger partial charge in [0.1, 0.15) is 0 Å². The molecule has 112 valence electrons. The van der Waals surface area contributed by atoms with Gasteiger partial charge in [0, 0.05) is 42.4 Å². The molecule has 0 spiro atoms. The van der Waals surface area contributed by atoms with E-state index in [2.05, 4.69) is 66.3 Å². The third-order valence-corrected chi connectivity index (χ3v) is 4.64. The first-order chi connectivity index (χ1) is 10.2. The predicted molar refractivity (Wildman–Crippen MR) is 92.6 cm³/mol. The first kappa shape index (κ1) is 16.1. The summed E-state index contributed by atoms with van der Waals surface area (Å²) in [6.07, 6.45) is 2.89. The fraction of sp³-hybridized carbons (Fsp3) is 0.389. The zero-order chi connectivity index (χ0) is 14.9. The molecule has 2 nitrogen and oxygen atoms in total. The predicted octanol–water partition coefficient (Wildman–Crippen LogP) is 3.88. The Labute approximate surface area is 132 Å². The van der Waals surface area contributed by atoms with Crippen LogP contribution in [0.15, 0.2) is 54.7 Å². The maximum absolute atomic E-state index is 4.37. The smallest absolute Gasteiger partial charge is 0.0416 e. The van der Waals surface area contributed by atoms with Crippen molar-refractivity contribution >= 4 is 11.8 Å². The van der Waals surface area contributed by atoms with Gasteiger partial charge in [0.05, 0.1) is 0 Å². The van der Waals surface area contributed by atoms with Gasteiger partial charge >= 0.3 is 0 Å². The lowest BCUT2D eigenvalue weighted by Gasteiger charge is -2.21. The Morgan fingerprint density at radius 1 is 1.10 bits per heavy atom. The van der Waals surface area contributed by atoms with Gasteiger partial charge < -0.3 is 4.90 Å². The van der Waals surface area contributed by atoms with Crippen LogP contribution >= 0.6 is 11.8 Å². The minimum atomic E-state index is 0.638. The summed E-state index contributed by atoms with van der Waals surface area (Å²) in [5.41, 5.74) is 2.58. The maximum atomic E-state index is 4.37. The number of thioether (sulfide) groups is 1. The van der Waals surface area contributed by atoms with Gasteiger partial charge in [-0.05, 0) is 24.7 Å². The molecule has 21 heavy (non-hydrogen) atoms. The monoisotopic (exact) mass is 300 g/mol. The molecule has 1 aromatic carbocycles. The molecule has 0 saturated carbocycles. The lowest BCUT2D eigenvalue weighted by molar-refractivity contribution is 0.342. The van der Waals surface area contributed by atoms with E-state index in [-0.39, 0.29) is 0 Å². The summed E-state index contributed by atoms with van der Waals surface area (Å²) in [6, 6.07) is 16.8. The highest BCUT2D eigenvalue weighted by atomic mass is 32.2. The summed E-state index contributed by atoms with van der Waals surface area (Å²) in [7, 11) is 2.20. The van der Waals surface area contributed by atoms with Crippen molar-refractivity contribution in [2.45, 2.75) is 24.3 Å². The highest BCUT2D eigenvalue weighted by Crippen LogP contribution is 2.18. The first-order valence-electron chi connectivity index (χ1n) is 7.48. The molecule has 0 radical (unpaired) electrons. The average Bonchev–Trinajstić information content (AvgIpc) is 2.53. The second kappa shape index (κ2) is 8.85. The van der Waals surface area contributed by atoms with E-state index in [0.717, 1.165) is 25.3 Å². The largest absolute Gasteiger partial charge is 0.305 e. The first-order valence-corrected chi connectivity index (χ1v) is 8.53. The number of hydrogen-bond acceptors (Lipinski definition) is 3. The van der Waals surface area contributed by atoms with Crippen molar-refractivity contribution in [3.8, 4) is 0 Å². The van der Waals surface area contributed by atoms with Gasteiger partial charge in [0.2, 0.25) is 0 Å². The molecule has 2 rings (SSSR count). The third-order valence-electron chi connectivity index (χ3n) is 3.42. The standard InChI is InChI=1S/C18H24N2S/c1-16(21-15-17-8-4-3-5-9-17)14-20(2)13-11-18-10-6-7-12-19-18/h3-10,12,16H,11,13-15H2,1-2H3. The van der Waals surface area contributed by atoms with Gasteiger partial charge in [0.15, 0.2) is 0 Å². The molecule has 0 fully saturated rings. The molecule has 0 saturated heterocycles. The second-order valence-corrected chi connectivity index (χ2v) is 6.87. The zero-order valence-corrected chi connectivity index (χ0v) is 13.7. The molecule has 0 amide bonds. The molecule has 0 aliphatic rings. The molecule has 3 heteroatoms. The minimum absolute atomic E-state index is 0.638. The van der Waals surface area contributed by atoms with Crippen LogP contribution in [0.3, 0.4) is 0 Å². The van der Waals surface area contributed by atoms with Crippen molar-refractivity contribution in [2.75, 3.05) is 20.1 Å². The average molecular weight is 300 g/mol. The number of likely N-dealkylation sites (N-methyl/N-ethyl adjacent to an activating group) is 1. The summed E-state index contributed by atoms with van der Waals surface area (Å²) in [6.45, 7) is 4.49. The number of benzene rings is 1. The fourth-order valence-corrected chi connectivity index (χ4v) is 3.28. The summed E-state index contributed by atoms with van der Waals surface area (Å²) in [5, 5.41) is 0.638. The molecule has 0 bridgehead atoms. The van der Waals surface area contributed by atoms with Gasteiger partial charge in [-0.3, -0.25) is 4.98 Å². The van der Waals surface area contributed by atoms with Crippen molar-refractivity contribution in [1.29, 1.82) is 0 Å². The Morgan fingerprint density at radius 3 is 2.57 bits per heavy atom. The van der Waals surface area contributed by atoms with Crippen molar-refractivity contribution in [3.05, 3.63) is 66.0 Å². The van der Waals surface area contributed by atoms with Crippen LogP contribution < -0.4 is 0 Å². The van der Waals surface area contributed by atoms with E-state index in [9.17, 15) is 0 Å². The highest BCUT2D eigenvalue weighted by molar-refractivity contribution is 7.99. The van der Waals surface area contributed by atoms with Crippen molar-refractivity contribution in [1.82, 2.24) is 9.88 Å². The van der Waals surface area contributed by atoms with Gasteiger partial charge in [-0.1, -0.05) is 43.3 Å². The van der Waals surface area contributed by atoms with Crippen LogP contribution in [-0.4, -0.2) is 35.3 Å². The fourth-order valence-electron chi connectivity index (χ4n) is 2.25. The number of pyridine rings is 1. The van der Waals surface area contributed by atoms with E-state index in [0.29, 0.717) is 5.25 Å². The van der Waals surface area contributed by atoms with Crippen molar-refractivity contribution in [3.63, 3.8) is 0 Å². The summed E-state index contributed by atoms with van der Waals surface area (Å²) in [5.74, 6) is 1.09. The number of aromatic nitrogens is 1. The maximum Gasteiger partial charge on any atom is 0.0416 e. The van der Waals surface area contributed by atoms with Gasteiger partial charge in [-0.15, -0.1) is 0 Å². The van der Waals surface area contributed by atoms with E-state index in [1.165, 1.54) is 11.3 Å². The summed E-state index contributed by atoms with van der Waals surface area (Å²) in [4.78, 5) is 6.77. The Hall–Kier alpha value is -1.32. The van der Waals surface area contributed by atoms with Gasteiger partial charge in [-0.2, -0.15) is 11.8 Å². The molecule has 0 aliphatic carbocycles. The lowest BCUT2D eigenvalue weighted by Crippen LogP contribution is -2.28. The molecule has 0 N–H and O–H groups in total. The van der Waals surface area contributed by atoms with Crippen LogP contribution in [0.2, 0.25) is 0 Å². The van der Waals surface area contributed by atoms with Crippen LogP contribution in [0, 0.1) is 0 Å². The van der Waals surface area contributed by atoms with E-state index in [1.807, 2.05) is 24.0 Å². The molecule has 0 aliphatic heterocycles. The van der Waals surface area contributed by atoms with E-state index in [4.69, 9.17) is 0 Å².